The van der Waals surface area contributed by atoms with Gasteiger partial charge in [0.2, 0.25) is 0 Å². The molecule has 2 rings (SSSR count). The molecule has 0 aliphatic rings. The van der Waals surface area contributed by atoms with Gasteiger partial charge in [-0.3, -0.25) is 0 Å². The summed E-state index contributed by atoms with van der Waals surface area (Å²) >= 11 is 5.79. The van der Waals surface area contributed by atoms with E-state index in [2.05, 4.69) is 5.10 Å². The molecule has 0 amide bonds. The van der Waals surface area contributed by atoms with Gasteiger partial charge in [0, 0.05) is 12.2 Å². The van der Waals surface area contributed by atoms with Gasteiger partial charge in [0.15, 0.2) is 0 Å². The Morgan fingerprint density at radius 3 is 2.47 bits per heavy atom. The lowest BCUT2D eigenvalue weighted by Gasteiger charge is -2.06. The van der Waals surface area contributed by atoms with E-state index in [-0.39, 0.29) is 6.04 Å². The van der Waals surface area contributed by atoms with Gasteiger partial charge < -0.3 is 5.73 Å². The van der Waals surface area contributed by atoms with Crippen LogP contribution in [0.2, 0.25) is 5.02 Å². The highest BCUT2D eigenvalue weighted by Gasteiger charge is 2.01. The number of nitrogens with zero attached hydrogens (tertiary/aromatic N) is 2. The third-order valence-electron chi connectivity index (χ3n) is 2.23. The van der Waals surface area contributed by atoms with Gasteiger partial charge >= 0.3 is 0 Å². The Kier molecular flexibility index (Phi) is 2.75. The van der Waals surface area contributed by atoms with E-state index in [1.807, 2.05) is 31.2 Å². The minimum absolute atomic E-state index is 0.0558. The van der Waals surface area contributed by atoms with Gasteiger partial charge in [-0.05, 0) is 24.6 Å². The van der Waals surface area contributed by atoms with Crippen LogP contribution in [0, 0.1) is 0 Å². The monoisotopic (exact) mass is 221 g/mol. The smallest absolute Gasteiger partial charge is 0.0790 e. The number of hydrogen-bond acceptors (Lipinski definition) is 2. The summed E-state index contributed by atoms with van der Waals surface area (Å²) in [6.07, 6.45) is 3.38. The van der Waals surface area contributed by atoms with Crippen LogP contribution in [0.5, 0.6) is 0 Å². The number of halogens is 1. The normalized spacial score (nSPS) is 12.7. The van der Waals surface area contributed by atoms with E-state index in [0.717, 1.165) is 11.3 Å². The predicted octanol–water partition coefficient (Wildman–Crippen LogP) is 2.55. The van der Waals surface area contributed by atoms with E-state index in [0.29, 0.717) is 5.02 Å². The van der Waals surface area contributed by atoms with Gasteiger partial charge in [0.25, 0.3) is 0 Å². The van der Waals surface area contributed by atoms with Crippen molar-refractivity contribution < 1.29 is 0 Å². The minimum Gasteiger partial charge on any atom is -0.324 e. The van der Waals surface area contributed by atoms with Crippen LogP contribution in [0.3, 0.4) is 0 Å². The molecule has 2 aromatic rings. The molecule has 1 atom stereocenters. The van der Waals surface area contributed by atoms with Crippen LogP contribution in [-0.4, -0.2) is 9.78 Å². The Morgan fingerprint density at radius 2 is 2.00 bits per heavy atom. The lowest BCUT2D eigenvalue weighted by atomic mass is 10.1. The molecule has 0 bridgehead atoms. The van der Waals surface area contributed by atoms with E-state index in [1.165, 1.54) is 0 Å². The van der Waals surface area contributed by atoms with E-state index in [9.17, 15) is 0 Å². The summed E-state index contributed by atoms with van der Waals surface area (Å²) in [6.45, 7) is 1.96. The maximum atomic E-state index is 5.79. The van der Waals surface area contributed by atoms with Crippen molar-refractivity contribution in [3.8, 4) is 5.69 Å². The summed E-state index contributed by atoms with van der Waals surface area (Å²) in [5.74, 6) is 0. The molecule has 2 N–H and O–H groups in total. The van der Waals surface area contributed by atoms with E-state index >= 15 is 0 Å². The molecule has 0 aliphatic heterocycles. The summed E-state index contributed by atoms with van der Waals surface area (Å²) in [7, 11) is 0. The molecule has 0 radical (unpaired) electrons. The Balaban J connectivity index is 2.31. The van der Waals surface area contributed by atoms with Crippen molar-refractivity contribution in [1.29, 1.82) is 0 Å². The van der Waals surface area contributed by atoms with Crippen LogP contribution >= 0.6 is 11.6 Å². The van der Waals surface area contributed by atoms with Crippen LogP contribution in [0.25, 0.3) is 5.69 Å². The van der Waals surface area contributed by atoms with Crippen molar-refractivity contribution >= 4 is 11.6 Å². The summed E-state index contributed by atoms with van der Waals surface area (Å²) in [4.78, 5) is 0. The third kappa shape index (κ3) is 2.19. The molecule has 1 aromatic carbocycles. The van der Waals surface area contributed by atoms with Crippen molar-refractivity contribution in [3.63, 3.8) is 0 Å². The highest BCUT2D eigenvalue weighted by Crippen LogP contribution is 2.15. The molecule has 0 spiro atoms. The molecule has 78 valence electrons. The van der Waals surface area contributed by atoms with Crippen LogP contribution in [-0.2, 0) is 0 Å². The highest BCUT2D eigenvalue weighted by atomic mass is 35.5. The van der Waals surface area contributed by atoms with Gasteiger partial charge in [-0.1, -0.05) is 23.7 Å². The fourth-order valence-electron chi connectivity index (χ4n) is 1.37. The zero-order chi connectivity index (χ0) is 10.8. The number of nitrogens with two attached hydrogens (primary N) is 1. The van der Waals surface area contributed by atoms with Crippen LogP contribution in [0.15, 0.2) is 36.7 Å². The van der Waals surface area contributed by atoms with E-state index in [4.69, 9.17) is 17.3 Å². The highest BCUT2D eigenvalue weighted by molar-refractivity contribution is 6.30. The van der Waals surface area contributed by atoms with Crippen LogP contribution in [0.1, 0.15) is 18.5 Å². The molecular formula is C11H12ClN3. The molecule has 1 heterocycles. The van der Waals surface area contributed by atoms with Crippen molar-refractivity contribution in [2.24, 2.45) is 5.73 Å². The first-order valence-electron chi connectivity index (χ1n) is 4.73. The maximum absolute atomic E-state index is 5.79. The number of benzene rings is 1. The molecule has 3 nitrogen and oxygen atoms in total. The Bertz CT molecular complexity index is 445. The van der Waals surface area contributed by atoms with Crippen LogP contribution < -0.4 is 5.73 Å². The number of aromatic nitrogens is 2. The lowest BCUT2D eigenvalue weighted by Crippen LogP contribution is -2.05. The molecule has 15 heavy (non-hydrogen) atoms. The average molecular weight is 222 g/mol. The zero-order valence-electron chi connectivity index (χ0n) is 8.39. The zero-order valence-corrected chi connectivity index (χ0v) is 9.15. The quantitative estimate of drug-likeness (QED) is 0.847. The average Bonchev–Trinajstić information content (AvgIpc) is 2.65. The van der Waals surface area contributed by atoms with Crippen LogP contribution in [0.4, 0.5) is 0 Å². The molecule has 0 fully saturated rings. The molecule has 1 aromatic heterocycles. The molecular weight excluding hydrogens is 210 g/mol. The van der Waals surface area contributed by atoms with Gasteiger partial charge in [0.1, 0.15) is 0 Å². The second kappa shape index (κ2) is 4.04. The van der Waals surface area contributed by atoms with Crippen molar-refractivity contribution in [1.82, 2.24) is 9.78 Å². The lowest BCUT2D eigenvalue weighted by molar-refractivity contribution is 0.814. The summed E-state index contributed by atoms with van der Waals surface area (Å²) in [6, 6.07) is 8.00. The first kappa shape index (κ1) is 10.2. The molecule has 0 saturated heterocycles. The number of hydrogen-bond donors (Lipinski definition) is 1. The fraction of sp³-hybridized carbons (Fsp3) is 0.182. The van der Waals surface area contributed by atoms with Gasteiger partial charge in [-0.25, -0.2) is 4.68 Å². The summed E-state index contributed by atoms with van der Waals surface area (Å²) in [5, 5.41) is 4.74. The topological polar surface area (TPSA) is 43.8 Å². The third-order valence-corrected chi connectivity index (χ3v) is 2.43. The second-order valence-electron chi connectivity index (χ2n) is 3.48. The number of rotatable bonds is 2. The van der Waals surface area contributed by atoms with Gasteiger partial charge in [-0.15, -0.1) is 0 Å². The second-order valence-corrected chi connectivity index (χ2v) is 3.92. The fourth-order valence-corrected chi connectivity index (χ4v) is 1.51. The van der Waals surface area contributed by atoms with Crippen molar-refractivity contribution in [3.05, 3.63) is 47.2 Å². The SMILES string of the molecule is CC(N)c1ccc(-n2cc(Cl)cn2)cc1. The molecule has 0 aliphatic carbocycles. The summed E-state index contributed by atoms with van der Waals surface area (Å²) in [5.41, 5.74) is 7.85. The first-order valence-corrected chi connectivity index (χ1v) is 5.11. The minimum atomic E-state index is 0.0558. The maximum Gasteiger partial charge on any atom is 0.0790 e. The Morgan fingerprint density at radius 1 is 1.33 bits per heavy atom. The van der Waals surface area contributed by atoms with Gasteiger partial charge in [0.05, 0.1) is 16.9 Å². The Labute approximate surface area is 93.5 Å². The van der Waals surface area contributed by atoms with Crippen molar-refractivity contribution in [2.45, 2.75) is 13.0 Å². The van der Waals surface area contributed by atoms with Gasteiger partial charge in [-0.2, -0.15) is 5.10 Å². The molecule has 4 heteroatoms. The first-order chi connectivity index (χ1) is 7.16. The van der Waals surface area contributed by atoms with E-state index in [1.54, 1.807) is 17.1 Å². The molecule has 1 unspecified atom stereocenters. The largest absolute Gasteiger partial charge is 0.324 e. The molecule has 0 saturated carbocycles. The van der Waals surface area contributed by atoms with Crippen molar-refractivity contribution in [2.75, 3.05) is 0 Å². The standard InChI is InChI=1S/C11H12ClN3/c1-8(13)9-2-4-11(5-3-9)15-7-10(12)6-14-15/h2-8H,13H2,1H3. The van der Waals surface area contributed by atoms with E-state index < -0.39 is 0 Å². The summed E-state index contributed by atoms with van der Waals surface area (Å²) < 4.78 is 1.73. The predicted molar refractivity (Wildman–Crippen MR) is 61.2 cm³/mol. The Hall–Kier alpha value is -1.32.